The lowest BCUT2D eigenvalue weighted by Crippen LogP contribution is -2.39. The largest absolute Gasteiger partial charge is 0.493 e. The number of anilines is 2. The molecule has 1 atom stereocenters. The quantitative estimate of drug-likeness (QED) is 0.202. The van der Waals surface area contributed by atoms with Crippen LogP contribution in [0.1, 0.15) is 70.4 Å². The summed E-state index contributed by atoms with van der Waals surface area (Å²) in [6, 6.07) is 14.4. The molecule has 46 heavy (non-hydrogen) atoms. The van der Waals surface area contributed by atoms with Gasteiger partial charge in [0.1, 0.15) is 17.4 Å². The second-order valence-electron chi connectivity index (χ2n) is 14.3. The number of aliphatic carboxylic acids is 1. The fourth-order valence-electron chi connectivity index (χ4n) is 5.72. The molecule has 0 saturated carbocycles. The number of likely N-dealkylation sites (N-methyl/N-ethyl adjacent to an activating group) is 1. The molecule has 250 valence electrons. The molecule has 0 bridgehead atoms. The second-order valence-corrected chi connectivity index (χ2v) is 14.3. The van der Waals surface area contributed by atoms with Gasteiger partial charge in [-0.25, -0.2) is 14.2 Å². The van der Waals surface area contributed by atoms with E-state index in [1.54, 1.807) is 12.1 Å². The van der Waals surface area contributed by atoms with Gasteiger partial charge in [0.25, 0.3) is 0 Å². The topological polar surface area (TPSA) is 87.2 Å². The van der Waals surface area contributed by atoms with Gasteiger partial charge in [0.2, 0.25) is 0 Å². The molecule has 0 amide bonds. The van der Waals surface area contributed by atoms with Crippen LogP contribution in [0.5, 0.6) is 5.75 Å². The van der Waals surface area contributed by atoms with Gasteiger partial charge >= 0.3 is 5.97 Å². The molecule has 0 spiro atoms. The first kappa shape index (κ1) is 35.2. The zero-order valence-corrected chi connectivity index (χ0v) is 28.7. The van der Waals surface area contributed by atoms with E-state index in [9.17, 15) is 14.3 Å². The molecule has 0 unspecified atom stereocenters. The van der Waals surface area contributed by atoms with Crippen LogP contribution in [0.25, 0.3) is 11.1 Å². The number of hydrogen-bond acceptors (Lipinski definition) is 7. The zero-order valence-electron chi connectivity index (χ0n) is 28.7. The van der Waals surface area contributed by atoms with Gasteiger partial charge < -0.3 is 29.7 Å². The smallest absolute Gasteiger partial charge is 0.337 e. The van der Waals surface area contributed by atoms with Crippen molar-refractivity contribution in [2.75, 3.05) is 57.1 Å². The van der Waals surface area contributed by atoms with Gasteiger partial charge in [-0.1, -0.05) is 38.1 Å². The lowest BCUT2D eigenvalue weighted by Gasteiger charge is -2.41. The van der Waals surface area contributed by atoms with Gasteiger partial charge in [0, 0.05) is 49.4 Å². The van der Waals surface area contributed by atoms with Crippen molar-refractivity contribution in [1.29, 1.82) is 0 Å². The zero-order chi connectivity index (χ0) is 33.6. The van der Waals surface area contributed by atoms with E-state index < -0.39 is 17.7 Å². The molecule has 1 aliphatic rings. The van der Waals surface area contributed by atoms with Crippen molar-refractivity contribution in [3.05, 3.63) is 71.2 Å². The molecule has 1 saturated heterocycles. The molecule has 1 fully saturated rings. The Kier molecular flexibility index (Phi) is 11.3. The summed E-state index contributed by atoms with van der Waals surface area (Å²) in [6.07, 6.45) is 1.43. The number of carbonyl (C=O) groups is 1. The van der Waals surface area contributed by atoms with Crippen molar-refractivity contribution in [2.24, 2.45) is 5.41 Å². The molecule has 1 aromatic heterocycles. The molecule has 2 aromatic carbocycles. The summed E-state index contributed by atoms with van der Waals surface area (Å²) in [4.78, 5) is 22.3. The molecular weight excluding hydrogens is 583 g/mol. The number of piperidine rings is 1. The molecule has 1 aliphatic heterocycles. The van der Waals surface area contributed by atoms with Gasteiger partial charge in [-0.05, 0) is 95.4 Å². The summed E-state index contributed by atoms with van der Waals surface area (Å²) in [5.41, 5.74) is 4.37. The third-order valence-corrected chi connectivity index (χ3v) is 8.36. The molecule has 3 aromatic rings. The fourth-order valence-corrected chi connectivity index (χ4v) is 5.72. The highest BCUT2D eigenvalue weighted by molar-refractivity contribution is 5.92. The first-order valence-corrected chi connectivity index (χ1v) is 16.2. The highest BCUT2D eigenvalue weighted by Gasteiger charge is 2.37. The summed E-state index contributed by atoms with van der Waals surface area (Å²) in [6.45, 7) is 15.6. The summed E-state index contributed by atoms with van der Waals surface area (Å²) < 4.78 is 25.6. The van der Waals surface area contributed by atoms with Gasteiger partial charge in [0.15, 0.2) is 6.10 Å². The van der Waals surface area contributed by atoms with Crippen LogP contribution in [0.2, 0.25) is 0 Å². The Morgan fingerprint density at radius 2 is 1.72 bits per heavy atom. The van der Waals surface area contributed by atoms with Crippen molar-refractivity contribution >= 4 is 17.5 Å². The summed E-state index contributed by atoms with van der Waals surface area (Å²) >= 11 is 0. The molecule has 0 aliphatic carbocycles. The minimum Gasteiger partial charge on any atom is -0.493 e. The van der Waals surface area contributed by atoms with E-state index in [1.165, 1.54) is 12.1 Å². The molecular formula is C37H51FN4O4. The van der Waals surface area contributed by atoms with Crippen LogP contribution in [-0.2, 0) is 16.0 Å². The molecule has 8 nitrogen and oxygen atoms in total. The molecule has 2 N–H and O–H groups in total. The lowest BCUT2D eigenvalue weighted by molar-refractivity contribution is -0.160. The lowest BCUT2D eigenvalue weighted by atomic mass is 9.82. The minimum atomic E-state index is -1.19. The van der Waals surface area contributed by atoms with Gasteiger partial charge in [-0.3, -0.25) is 0 Å². The number of benzene rings is 2. The predicted molar refractivity (Wildman–Crippen MR) is 183 cm³/mol. The monoisotopic (exact) mass is 634 g/mol. The second kappa shape index (κ2) is 14.8. The number of rotatable bonds is 13. The average molecular weight is 635 g/mol. The van der Waals surface area contributed by atoms with Crippen molar-refractivity contribution in [2.45, 2.75) is 72.5 Å². The Hall–Kier alpha value is -3.69. The number of ether oxygens (including phenoxy) is 2. The maximum absolute atomic E-state index is 13.3. The van der Waals surface area contributed by atoms with Crippen molar-refractivity contribution in [3.63, 3.8) is 0 Å². The molecule has 0 radical (unpaired) electrons. The van der Waals surface area contributed by atoms with E-state index in [0.717, 1.165) is 54.9 Å². The van der Waals surface area contributed by atoms with E-state index >= 15 is 0 Å². The Bertz CT molecular complexity index is 1460. The van der Waals surface area contributed by atoms with Crippen LogP contribution in [-0.4, -0.2) is 73.4 Å². The van der Waals surface area contributed by atoms with Crippen LogP contribution >= 0.6 is 0 Å². The Balaban J connectivity index is 1.80. The minimum absolute atomic E-state index is 0.201. The number of nitrogens with zero attached hydrogens (tertiary/aromatic N) is 3. The number of halogens is 1. The van der Waals surface area contributed by atoms with Gasteiger partial charge in [0.05, 0.1) is 17.9 Å². The Morgan fingerprint density at radius 1 is 1.09 bits per heavy atom. The number of carboxylic acids is 1. The van der Waals surface area contributed by atoms with Crippen LogP contribution in [0.3, 0.4) is 0 Å². The maximum atomic E-state index is 13.3. The third kappa shape index (κ3) is 9.42. The van der Waals surface area contributed by atoms with Gasteiger partial charge in [-0.15, -0.1) is 0 Å². The van der Waals surface area contributed by atoms with Gasteiger partial charge in [-0.2, -0.15) is 0 Å². The van der Waals surface area contributed by atoms with E-state index in [-0.39, 0.29) is 11.2 Å². The van der Waals surface area contributed by atoms with E-state index in [4.69, 9.17) is 14.5 Å². The van der Waals surface area contributed by atoms with Crippen molar-refractivity contribution in [1.82, 2.24) is 9.88 Å². The van der Waals surface area contributed by atoms with Crippen LogP contribution in [0.4, 0.5) is 15.9 Å². The standard InChI is InChI=1S/C37H51FN4O4/c1-25-30(33(35(43)44)46-36(2,3)4)32(42-21-18-37(5,6)19-22-42)31(34(40-25)39-20-23-41(7)8)27-11-15-29(16-12-27)45-24-17-26-9-13-28(38)14-10-26/h9-16,33H,17-24H2,1-8H3,(H,39,40)(H,43,44)/t33-/m0/s1. The first-order chi connectivity index (χ1) is 21.6. The summed E-state index contributed by atoms with van der Waals surface area (Å²) in [5, 5.41) is 14.1. The molecule has 2 heterocycles. The number of hydrogen-bond donors (Lipinski definition) is 2. The maximum Gasteiger partial charge on any atom is 0.337 e. The van der Waals surface area contributed by atoms with Crippen LogP contribution in [0.15, 0.2) is 48.5 Å². The number of pyridine rings is 1. The van der Waals surface area contributed by atoms with Crippen molar-refractivity contribution < 1.29 is 23.8 Å². The van der Waals surface area contributed by atoms with E-state index in [0.29, 0.717) is 42.4 Å². The van der Waals surface area contributed by atoms with E-state index in [2.05, 4.69) is 29.0 Å². The highest BCUT2D eigenvalue weighted by atomic mass is 19.1. The number of nitrogens with one attached hydrogen (secondary N) is 1. The van der Waals surface area contributed by atoms with E-state index in [1.807, 2.05) is 66.1 Å². The molecule has 9 heteroatoms. The molecule has 4 rings (SSSR count). The normalized spacial score (nSPS) is 15.6. The van der Waals surface area contributed by atoms with Crippen LogP contribution in [0, 0.1) is 18.2 Å². The number of carboxylic acid groups (broad SMARTS) is 1. The SMILES string of the molecule is Cc1nc(NCCN(C)C)c(-c2ccc(OCCc3ccc(F)cc3)cc2)c(N2CCC(C)(C)CC2)c1[C@H](OC(C)(C)C)C(=O)O. The fraction of sp³-hybridized carbons (Fsp3) is 0.514. The number of aryl methyl sites for hydroxylation is 1. The third-order valence-electron chi connectivity index (χ3n) is 8.36. The highest BCUT2D eigenvalue weighted by Crippen LogP contribution is 2.46. The summed E-state index contributed by atoms with van der Waals surface area (Å²) in [5.74, 6) is 0.140. The van der Waals surface area contributed by atoms with Crippen molar-refractivity contribution in [3.8, 4) is 16.9 Å². The summed E-state index contributed by atoms with van der Waals surface area (Å²) in [7, 11) is 4.06. The Labute approximate surface area is 273 Å². The number of aromatic nitrogens is 1. The van der Waals surface area contributed by atoms with Crippen LogP contribution < -0.4 is 15.0 Å². The predicted octanol–water partition coefficient (Wildman–Crippen LogP) is 7.36. The average Bonchev–Trinajstić information content (AvgIpc) is 2.97. The first-order valence-electron chi connectivity index (χ1n) is 16.2. The Morgan fingerprint density at radius 3 is 2.28 bits per heavy atom.